The zero-order valence-electron chi connectivity index (χ0n) is 12.4. The summed E-state index contributed by atoms with van der Waals surface area (Å²) in [4.78, 5) is 6.40. The monoisotopic (exact) mass is 285 g/mol. The molecule has 4 heteroatoms. The van der Waals surface area contributed by atoms with E-state index in [2.05, 4.69) is 16.4 Å². The first-order valence-corrected chi connectivity index (χ1v) is 7.28. The van der Waals surface area contributed by atoms with Crippen LogP contribution in [0.15, 0.2) is 42.6 Å². The summed E-state index contributed by atoms with van der Waals surface area (Å²) in [6.45, 7) is 0. The van der Waals surface area contributed by atoms with Gasteiger partial charge in [-0.05, 0) is 48.6 Å². The highest BCUT2D eigenvalue weighted by Crippen LogP contribution is 2.39. The standard InChI is InChI=1S/C17H20FN3/c1-21(2)17-16(7-4-8-19-17)20-15-10-13(11-15)12-5-3-6-14(18)9-12/h3-9,13,15,20H,10-11H2,1-2H3. The lowest BCUT2D eigenvalue weighted by molar-refractivity contribution is 0.373. The minimum absolute atomic E-state index is 0.147. The molecule has 1 aliphatic carbocycles. The van der Waals surface area contributed by atoms with Crippen molar-refractivity contribution < 1.29 is 4.39 Å². The van der Waals surface area contributed by atoms with Gasteiger partial charge in [-0.2, -0.15) is 0 Å². The lowest BCUT2D eigenvalue weighted by atomic mass is 9.76. The van der Waals surface area contributed by atoms with E-state index in [0.717, 1.165) is 29.9 Å². The van der Waals surface area contributed by atoms with Crippen molar-refractivity contribution >= 4 is 11.5 Å². The minimum Gasteiger partial charge on any atom is -0.379 e. The summed E-state index contributed by atoms with van der Waals surface area (Å²) in [5.74, 6) is 1.26. The summed E-state index contributed by atoms with van der Waals surface area (Å²) >= 11 is 0. The molecule has 110 valence electrons. The van der Waals surface area contributed by atoms with Gasteiger partial charge in [-0.3, -0.25) is 0 Å². The second-order valence-corrected chi connectivity index (χ2v) is 5.83. The quantitative estimate of drug-likeness (QED) is 0.929. The number of rotatable bonds is 4. The van der Waals surface area contributed by atoms with E-state index in [9.17, 15) is 4.39 Å². The van der Waals surface area contributed by atoms with E-state index in [-0.39, 0.29) is 5.82 Å². The van der Waals surface area contributed by atoms with E-state index in [1.807, 2.05) is 31.1 Å². The molecule has 1 N–H and O–H groups in total. The van der Waals surface area contributed by atoms with E-state index in [1.54, 1.807) is 18.3 Å². The number of halogens is 1. The minimum atomic E-state index is -0.147. The van der Waals surface area contributed by atoms with E-state index in [4.69, 9.17) is 0 Å². The summed E-state index contributed by atoms with van der Waals surface area (Å²) < 4.78 is 13.2. The molecule has 1 aromatic carbocycles. The second-order valence-electron chi connectivity index (χ2n) is 5.83. The van der Waals surface area contributed by atoms with Gasteiger partial charge in [-0.15, -0.1) is 0 Å². The molecule has 1 aliphatic rings. The Balaban J connectivity index is 1.63. The first kappa shape index (κ1) is 13.9. The fourth-order valence-electron chi connectivity index (χ4n) is 2.85. The lowest BCUT2D eigenvalue weighted by Crippen LogP contribution is -2.34. The van der Waals surface area contributed by atoms with Crippen LogP contribution in [0.5, 0.6) is 0 Å². The van der Waals surface area contributed by atoms with Crippen LogP contribution in [0.3, 0.4) is 0 Å². The summed E-state index contributed by atoms with van der Waals surface area (Å²) in [5.41, 5.74) is 2.16. The molecule has 0 bridgehead atoms. The molecule has 0 saturated heterocycles. The van der Waals surface area contributed by atoms with E-state index in [1.165, 1.54) is 6.07 Å². The topological polar surface area (TPSA) is 28.2 Å². The molecular weight excluding hydrogens is 265 g/mol. The highest BCUT2D eigenvalue weighted by Gasteiger charge is 2.30. The summed E-state index contributed by atoms with van der Waals surface area (Å²) in [5, 5.41) is 3.54. The second kappa shape index (κ2) is 5.72. The van der Waals surface area contributed by atoms with Gasteiger partial charge >= 0.3 is 0 Å². The van der Waals surface area contributed by atoms with Crippen LogP contribution < -0.4 is 10.2 Å². The smallest absolute Gasteiger partial charge is 0.151 e. The molecule has 21 heavy (non-hydrogen) atoms. The molecular formula is C17H20FN3. The van der Waals surface area contributed by atoms with Crippen molar-refractivity contribution in [2.45, 2.75) is 24.8 Å². The molecule has 0 atom stereocenters. The van der Waals surface area contributed by atoms with Gasteiger partial charge < -0.3 is 10.2 Å². The highest BCUT2D eigenvalue weighted by molar-refractivity contribution is 5.65. The molecule has 1 aromatic heterocycles. The Kier molecular flexibility index (Phi) is 3.78. The van der Waals surface area contributed by atoms with Gasteiger partial charge in [0.15, 0.2) is 5.82 Å². The molecule has 0 radical (unpaired) electrons. The van der Waals surface area contributed by atoms with Crippen LogP contribution in [0.2, 0.25) is 0 Å². The molecule has 0 unspecified atom stereocenters. The zero-order chi connectivity index (χ0) is 14.8. The first-order valence-electron chi connectivity index (χ1n) is 7.28. The molecule has 1 heterocycles. The maximum absolute atomic E-state index is 13.2. The molecule has 0 amide bonds. The molecule has 1 fully saturated rings. The van der Waals surface area contributed by atoms with Crippen molar-refractivity contribution in [2.75, 3.05) is 24.3 Å². The van der Waals surface area contributed by atoms with Gasteiger partial charge in [-0.25, -0.2) is 9.37 Å². The number of hydrogen-bond donors (Lipinski definition) is 1. The Labute approximate surface area is 124 Å². The highest BCUT2D eigenvalue weighted by atomic mass is 19.1. The number of pyridine rings is 1. The average Bonchev–Trinajstić information content (AvgIpc) is 2.42. The Bertz CT molecular complexity index is 621. The van der Waals surface area contributed by atoms with Crippen molar-refractivity contribution in [3.8, 4) is 0 Å². The van der Waals surface area contributed by atoms with Gasteiger partial charge in [0, 0.05) is 26.3 Å². The summed E-state index contributed by atoms with van der Waals surface area (Å²) in [7, 11) is 3.98. The Morgan fingerprint density at radius 2 is 2.00 bits per heavy atom. The number of anilines is 2. The average molecular weight is 285 g/mol. The predicted molar refractivity (Wildman–Crippen MR) is 84.3 cm³/mol. The predicted octanol–water partition coefficient (Wildman–Crippen LogP) is 3.64. The third-order valence-corrected chi connectivity index (χ3v) is 4.03. The Morgan fingerprint density at radius 3 is 2.71 bits per heavy atom. The van der Waals surface area contributed by atoms with Crippen molar-refractivity contribution in [3.63, 3.8) is 0 Å². The van der Waals surface area contributed by atoms with Crippen LogP contribution in [0.25, 0.3) is 0 Å². The van der Waals surface area contributed by atoms with Gasteiger partial charge in [0.25, 0.3) is 0 Å². The fourth-order valence-corrected chi connectivity index (χ4v) is 2.85. The van der Waals surface area contributed by atoms with Crippen LogP contribution in [-0.4, -0.2) is 25.1 Å². The number of nitrogens with zero attached hydrogens (tertiary/aromatic N) is 2. The third kappa shape index (κ3) is 2.99. The molecule has 1 saturated carbocycles. The van der Waals surface area contributed by atoms with E-state index < -0.39 is 0 Å². The van der Waals surface area contributed by atoms with Crippen molar-refractivity contribution in [1.82, 2.24) is 4.98 Å². The maximum atomic E-state index is 13.2. The van der Waals surface area contributed by atoms with Crippen LogP contribution in [0.1, 0.15) is 24.3 Å². The zero-order valence-corrected chi connectivity index (χ0v) is 12.4. The van der Waals surface area contributed by atoms with Crippen molar-refractivity contribution in [1.29, 1.82) is 0 Å². The summed E-state index contributed by atoms with van der Waals surface area (Å²) in [6, 6.07) is 11.4. The molecule has 0 spiro atoms. The van der Waals surface area contributed by atoms with Gasteiger partial charge in [0.2, 0.25) is 0 Å². The SMILES string of the molecule is CN(C)c1ncccc1NC1CC(c2cccc(F)c2)C1. The van der Waals surface area contributed by atoms with Gasteiger partial charge in [-0.1, -0.05) is 12.1 Å². The first-order chi connectivity index (χ1) is 10.1. The lowest BCUT2D eigenvalue weighted by Gasteiger charge is -2.37. The largest absolute Gasteiger partial charge is 0.379 e. The number of benzene rings is 1. The van der Waals surface area contributed by atoms with Gasteiger partial charge in [0.05, 0.1) is 5.69 Å². The molecule has 3 rings (SSSR count). The van der Waals surface area contributed by atoms with Crippen LogP contribution in [0.4, 0.5) is 15.9 Å². The van der Waals surface area contributed by atoms with Crippen molar-refractivity contribution in [2.24, 2.45) is 0 Å². The number of aromatic nitrogens is 1. The van der Waals surface area contributed by atoms with E-state index in [0.29, 0.717) is 12.0 Å². The molecule has 0 aliphatic heterocycles. The summed E-state index contributed by atoms with van der Waals surface area (Å²) in [6.07, 6.45) is 3.87. The van der Waals surface area contributed by atoms with Crippen LogP contribution in [0, 0.1) is 5.82 Å². The Morgan fingerprint density at radius 1 is 1.19 bits per heavy atom. The van der Waals surface area contributed by atoms with Crippen LogP contribution in [-0.2, 0) is 0 Å². The van der Waals surface area contributed by atoms with Gasteiger partial charge in [0.1, 0.15) is 5.82 Å². The Hall–Kier alpha value is -2.10. The normalized spacial score (nSPS) is 20.7. The van der Waals surface area contributed by atoms with E-state index >= 15 is 0 Å². The molecule has 3 nitrogen and oxygen atoms in total. The third-order valence-electron chi connectivity index (χ3n) is 4.03. The van der Waals surface area contributed by atoms with Crippen molar-refractivity contribution in [3.05, 3.63) is 54.0 Å². The number of nitrogens with one attached hydrogen (secondary N) is 1. The van der Waals surface area contributed by atoms with Crippen LogP contribution >= 0.6 is 0 Å². The number of hydrogen-bond acceptors (Lipinski definition) is 3. The fraction of sp³-hybridized carbons (Fsp3) is 0.353. The maximum Gasteiger partial charge on any atom is 0.151 e. The molecule has 2 aromatic rings.